The van der Waals surface area contributed by atoms with Crippen molar-refractivity contribution in [3.8, 4) is 0 Å². The summed E-state index contributed by atoms with van der Waals surface area (Å²) < 4.78 is 2.20. The minimum absolute atomic E-state index is 0.938. The van der Waals surface area contributed by atoms with E-state index in [1.54, 1.807) is 0 Å². The van der Waals surface area contributed by atoms with Gasteiger partial charge in [0.1, 0.15) is 0 Å². The molecular weight excluding hydrogens is 380 g/mol. The molecule has 2 aromatic carbocycles. The van der Waals surface area contributed by atoms with Gasteiger partial charge in [0.2, 0.25) is 0 Å². The van der Waals surface area contributed by atoms with E-state index in [-0.39, 0.29) is 0 Å². The second-order valence-electron chi connectivity index (χ2n) is 5.19. The van der Waals surface area contributed by atoms with Crippen LogP contribution in [0.5, 0.6) is 0 Å². The van der Waals surface area contributed by atoms with Gasteiger partial charge in [-0.25, -0.2) is 0 Å². The number of nitrogens with zero attached hydrogens (tertiary/aromatic N) is 1. The zero-order valence-corrected chi connectivity index (χ0v) is 14.2. The third-order valence-corrected chi connectivity index (χ3v) is 5.65. The third kappa shape index (κ3) is 2.92. The summed E-state index contributed by atoms with van der Waals surface area (Å²) in [6.07, 6.45) is 1.04. The van der Waals surface area contributed by atoms with Crippen LogP contribution in [0.25, 0.3) is 0 Å². The molecule has 3 rings (SSSR count). The van der Waals surface area contributed by atoms with Crippen molar-refractivity contribution in [1.29, 1.82) is 0 Å². The lowest BCUT2D eigenvalue weighted by Gasteiger charge is -2.29. The van der Waals surface area contributed by atoms with Crippen LogP contribution in [-0.2, 0) is 19.5 Å². The predicted octanol–water partition coefficient (Wildman–Crippen LogP) is 4.35. The van der Waals surface area contributed by atoms with Crippen molar-refractivity contribution in [2.75, 3.05) is 12.3 Å². The van der Waals surface area contributed by atoms with E-state index in [0.717, 1.165) is 40.7 Å². The van der Waals surface area contributed by atoms with Gasteiger partial charge in [0, 0.05) is 34.3 Å². The maximum Gasteiger partial charge on any atom is 0.0350 e. The molecule has 0 fully saturated rings. The summed E-state index contributed by atoms with van der Waals surface area (Å²) in [6.45, 7) is 3.02. The Morgan fingerprint density at radius 2 is 1.95 bits per heavy atom. The molecule has 0 bridgehead atoms. The first-order chi connectivity index (χ1) is 9.63. The number of fused-ring (bicyclic) bond motifs is 1. The summed E-state index contributed by atoms with van der Waals surface area (Å²) in [7, 11) is 0. The lowest BCUT2D eigenvalue weighted by Crippen LogP contribution is -2.30. The van der Waals surface area contributed by atoms with Crippen molar-refractivity contribution in [2.24, 2.45) is 0 Å². The Morgan fingerprint density at radius 3 is 2.75 bits per heavy atom. The molecule has 1 aliphatic rings. The maximum atomic E-state index is 6.05. The van der Waals surface area contributed by atoms with Gasteiger partial charge in [-0.1, -0.05) is 18.2 Å². The van der Waals surface area contributed by atoms with E-state index < -0.39 is 0 Å². The molecule has 2 N–H and O–H groups in total. The normalized spacial score (nSPS) is 15.1. The lowest BCUT2D eigenvalue weighted by molar-refractivity contribution is 0.246. The van der Waals surface area contributed by atoms with Crippen molar-refractivity contribution in [2.45, 2.75) is 19.5 Å². The van der Waals surface area contributed by atoms with E-state index >= 15 is 0 Å². The molecule has 0 spiro atoms. The summed E-state index contributed by atoms with van der Waals surface area (Å²) in [4.78, 5) is 2.47. The minimum atomic E-state index is 0.938. The smallest absolute Gasteiger partial charge is 0.0350 e. The summed E-state index contributed by atoms with van der Waals surface area (Å²) in [5.41, 5.74) is 11.0. The predicted molar refractivity (Wildman–Crippen MR) is 90.5 cm³/mol. The molecular formula is C16H16Br2N2. The average Bonchev–Trinajstić information content (AvgIpc) is 2.43. The third-order valence-electron chi connectivity index (χ3n) is 3.77. The molecule has 2 nitrogen and oxygen atoms in total. The van der Waals surface area contributed by atoms with Crippen molar-refractivity contribution in [3.05, 3.63) is 62.0 Å². The Bertz CT molecular complexity index is 640. The Labute approximate surface area is 136 Å². The SMILES string of the molecule is Nc1cccc2c1CCN(Cc1ccc(Br)c(Br)c1)C2. The lowest BCUT2D eigenvalue weighted by atomic mass is 9.97. The molecule has 1 heterocycles. The molecule has 0 atom stereocenters. The highest BCUT2D eigenvalue weighted by Gasteiger charge is 2.17. The second-order valence-corrected chi connectivity index (χ2v) is 6.90. The largest absolute Gasteiger partial charge is 0.398 e. The molecule has 0 aliphatic carbocycles. The van der Waals surface area contributed by atoms with E-state index in [2.05, 4.69) is 61.0 Å². The summed E-state index contributed by atoms with van der Waals surface area (Å²) >= 11 is 7.07. The number of benzene rings is 2. The molecule has 0 aromatic heterocycles. The summed E-state index contributed by atoms with van der Waals surface area (Å²) in [5.74, 6) is 0. The molecule has 4 heteroatoms. The summed E-state index contributed by atoms with van der Waals surface area (Å²) in [5, 5.41) is 0. The number of hydrogen-bond donors (Lipinski definition) is 1. The van der Waals surface area contributed by atoms with Crippen LogP contribution in [-0.4, -0.2) is 11.4 Å². The van der Waals surface area contributed by atoms with Crippen LogP contribution in [0, 0.1) is 0 Å². The Morgan fingerprint density at radius 1 is 1.10 bits per heavy atom. The van der Waals surface area contributed by atoms with Crippen LogP contribution >= 0.6 is 31.9 Å². The fourth-order valence-electron chi connectivity index (χ4n) is 2.73. The standard InChI is InChI=1S/C16H16Br2N2/c17-14-5-4-11(8-15(14)18)9-20-7-6-13-12(10-20)2-1-3-16(13)19/h1-5,8H,6-7,9-10,19H2. The van der Waals surface area contributed by atoms with Gasteiger partial charge in [-0.05, 0) is 73.2 Å². The van der Waals surface area contributed by atoms with Gasteiger partial charge in [-0.2, -0.15) is 0 Å². The van der Waals surface area contributed by atoms with Crippen LogP contribution in [0.1, 0.15) is 16.7 Å². The molecule has 0 saturated heterocycles. The number of rotatable bonds is 2. The highest BCUT2D eigenvalue weighted by atomic mass is 79.9. The van der Waals surface area contributed by atoms with Gasteiger partial charge >= 0.3 is 0 Å². The van der Waals surface area contributed by atoms with Gasteiger partial charge in [0.15, 0.2) is 0 Å². The highest BCUT2D eigenvalue weighted by molar-refractivity contribution is 9.13. The van der Waals surface area contributed by atoms with Crippen molar-refractivity contribution in [1.82, 2.24) is 4.90 Å². The quantitative estimate of drug-likeness (QED) is 0.765. The van der Waals surface area contributed by atoms with Crippen LogP contribution in [0.3, 0.4) is 0 Å². The van der Waals surface area contributed by atoms with E-state index in [0.29, 0.717) is 0 Å². The molecule has 1 aliphatic heterocycles. The molecule has 20 heavy (non-hydrogen) atoms. The molecule has 2 aromatic rings. The van der Waals surface area contributed by atoms with Crippen LogP contribution in [0.2, 0.25) is 0 Å². The topological polar surface area (TPSA) is 29.3 Å². The first-order valence-corrected chi connectivity index (χ1v) is 8.24. The number of hydrogen-bond acceptors (Lipinski definition) is 2. The van der Waals surface area contributed by atoms with Gasteiger partial charge in [-0.15, -0.1) is 0 Å². The number of nitrogen functional groups attached to an aromatic ring is 1. The molecule has 0 radical (unpaired) electrons. The Balaban J connectivity index is 1.76. The van der Waals surface area contributed by atoms with Gasteiger partial charge in [0.05, 0.1) is 0 Å². The van der Waals surface area contributed by atoms with E-state index in [1.807, 2.05) is 12.1 Å². The first-order valence-electron chi connectivity index (χ1n) is 6.66. The number of anilines is 1. The van der Waals surface area contributed by atoms with E-state index in [4.69, 9.17) is 5.73 Å². The Hall–Kier alpha value is -0.840. The fraction of sp³-hybridized carbons (Fsp3) is 0.250. The molecule has 0 unspecified atom stereocenters. The van der Waals surface area contributed by atoms with Gasteiger partial charge in [-0.3, -0.25) is 4.90 Å². The van der Waals surface area contributed by atoms with Crippen LogP contribution < -0.4 is 5.73 Å². The second kappa shape index (κ2) is 5.88. The van der Waals surface area contributed by atoms with Crippen molar-refractivity contribution < 1.29 is 0 Å². The first kappa shape index (κ1) is 14.1. The van der Waals surface area contributed by atoms with Crippen LogP contribution in [0.15, 0.2) is 45.3 Å². The van der Waals surface area contributed by atoms with Gasteiger partial charge in [0.25, 0.3) is 0 Å². The van der Waals surface area contributed by atoms with Crippen LogP contribution in [0.4, 0.5) is 5.69 Å². The van der Waals surface area contributed by atoms with Gasteiger partial charge < -0.3 is 5.73 Å². The summed E-state index contributed by atoms with van der Waals surface area (Å²) in [6, 6.07) is 12.7. The Kier molecular flexibility index (Phi) is 4.15. The van der Waals surface area contributed by atoms with Crippen molar-refractivity contribution >= 4 is 37.5 Å². The van der Waals surface area contributed by atoms with E-state index in [9.17, 15) is 0 Å². The van der Waals surface area contributed by atoms with E-state index in [1.165, 1.54) is 16.7 Å². The van der Waals surface area contributed by atoms with Crippen molar-refractivity contribution in [3.63, 3.8) is 0 Å². The zero-order valence-electron chi connectivity index (χ0n) is 11.1. The average molecular weight is 396 g/mol. The molecule has 0 amide bonds. The minimum Gasteiger partial charge on any atom is -0.398 e. The monoisotopic (exact) mass is 394 g/mol. The fourth-order valence-corrected chi connectivity index (χ4v) is 3.40. The molecule has 0 saturated carbocycles. The maximum absolute atomic E-state index is 6.05. The highest BCUT2D eigenvalue weighted by Crippen LogP contribution is 2.27. The zero-order chi connectivity index (χ0) is 14.1. The number of nitrogens with two attached hydrogens (primary N) is 1. The number of halogens is 2. The molecule has 104 valence electrons.